The van der Waals surface area contributed by atoms with E-state index in [1.807, 2.05) is 25.2 Å². The molecular weight excluding hydrogens is 437 g/mol. The highest BCUT2D eigenvalue weighted by atomic mass is 32.2. The van der Waals surface area contributed by atoms with Crippen molar-refractivity contribution in [2.75, 3.05) is 0 Å². The van der Waals surface area contributed by atoms with Crippen LogP contribution in [0.15, 0.2) is 53.3 Å². The van der Waals surface area contributed by atoms with E-state index in [4.69, 9.17) is 10.7 Å². The molecule has 0 aromatic carbocycles. The SMILES string of the molecule is Cc1cc(C(F)(F)F)cnc1C(=O)NC1=CC([C@]2(C)CCC(C)(C)SC(N)=N2)C=CC=C1. The normalized spacial score (nSPS) is 25.4. The van der Waals surface area contributed by atoms with Crippen molar-refractivity contribution < 1.29 is 18.0 Å². The summed E-state index contributed by atoms with van der Waals surface area (Å²) in [5.41, 5.74) is 5.42. The quantitative estimate of drug-likeness (QED) is 0.649. The van der Waals surface area contributed by atoms with Crippen LogP contribution in [0.1, 0.15) is 55.2 Å². The van der Waals surface area contributed by atoms with Gasteiger partial charge < -0.3 is 11.1 Å². The molecule has 1 unspecified atom stereocenters. The van der Waals surface area contributed by atoms with E-state index >= 15 is 0 Å². The summed E-state index contributed by atoms with van der Waals surface area (Å²) < 4.78 is 38.7. The Kier molecular flexibility index (Phi) is 6.60. The number of alkyl halides is 3. The number of nitrogens with two attached hydrogens (primary N) is 1. The Hall–Kier alpha value is -2.55. The largest absolute Gasteiger partial charge is 0.417 e. The molecule has 172 valence electrons. The highest BCUT2D eigenvalue weighted by Gasteiger charge is 2.37. The van der Waals surface area contributed by atoms with Gasteiger partial charge in [-0.1, -0.05) is 49.9 Å². The number of hydrogen-bond donors (Lipinski definition) is 2. The second kappa shape index (κ2) is 8.77. The average Bonchev–Trinajstić information content (AvgIpc) is 2.96. The molecule has 2 aliphatic rings. The first-order valence-electron chi connectivity index (χ1n) is 10.3. The molecule has 1 amide bonds. The minimum Gasteiger partial charge on any atom is -0.379 e. The molecule has 3 N–H and O–H groups in total. The summed E-state index contributed by atoms with van der Waals surface area (Å²) in [6.45, 7) is 7.75. The minimum atomic E-state index is -4.51. The predicted octanol–water partition coefficient (Wildman–Crippen LogP) is 5.14. The molecule has 3 rings (SSSR count). The second-order valence-corrected chi connectivity index (χ2v) is 10.6. The fraction of sp³-hybridized carbons (Fsp3) is 0.435. The molecule has 1 aliphatic carbocycles. The summed E-state index contributed by atoms with van der Waals surface area (Å²) in [4.78, 5) is 21.3. The summed E-state index contributed by atoms with van der Waals surface area (Å²) in [5, 5.41) is 3.30. The molecule has 2 atom stereocenters. The molecule has 5 nitrogen and oxygen atoms in total. The van der Waals surface area contributed by atoms with Gasteiger partial charge in [-0.3, -0.25) is 14.8 Å². The van der Waals surface area contributed by atoms with Gasteiger partial charge in [-0.25, -0.2) is 0 Å². The zero-order valence-electron chi connectivity index (χ0n) is 18.5. The van der Waals surface area contributed by atoms with Gasteiger partial charge in [0.15, 0.2) is 5.17 Å². The fourth-order valence-electron chi connectivity index (χ4n) is 3.74. The number of amides is 1. The summed E-state index contributed by atoms with van der Waals surface area (Å²) >= 11 is 1.56. The van der Waals surface area contributed by atoms with E-state index in [0.29, 0.717) is 17.1 Å². The monoisotopic (exact) mass is 464 g/mol. The van der Waals surface area contributed by atoms with E-state index < -0.39 is 23.2 Å². The molecule has 0 saturated heterocycles. The van der Waals surface area contributed by atoms with Gasteiger partial charge in [0.25, 0.3) is 5.91 Å². The van der Waals surface area contributed by atoms with Gasteiger partial charge in [-0.15, -0.1) is 0 Å². The Balaban J connectivity index is 1.84. The molecule has 1 aliphatic heterocycles. The van der Waals surface area contributed by atoms with E-state index in [-0.39, 0.29) is 21.9 Å². The maximum Gasteiger partial charge on any atom is 0.417 e. The van der Waals surface area contributed by atoms with Gasteiger partial charge in [-0.05, 0) is 44.4 Å². The van der Waals surface area contributed by atoms with E-state index in [1.165, 1.54) is 6.92 Å². The Bertz CT molecular complexity index is 1030. The van der Waals surface area contributed by atoms with E-state index in [9.17, 15) is 18.0 Å². The first kappa shape index (κ1) is 24.1. The molecule has 9 heteroatoms. The van der Waals surface area contributed by atoms with Crippen LogP contribution in [0.4, 0.5) is 13.2 Å². The van der Waals surface area contributed by atoms with Crippen molar-refractivity contribution in [3.05, 3.63) is 65.2 Å². The summed E-state index contributed by atoms with van der Waals surface area (Å²) in [6.07, 6.45) is 7.22. The number of allylic oxidation sites excluding steroid dienone is 3. The number of thioether (sulfide) groups is 1. The van der Waals surface area contributed by atoms with Crippen LogP contribution in [0.3, 0.4) is 0 Å². The molecular formula is C23H27F3N4OS. The number of carbonyl (C=O) groups excluding carboxylic acids is 1. The Morgan fingerprint density at radius 3 is 2.62 bits per heavy atom. The van der Waals surface area contributed by atoms with Crippen molar-refractivity contribution in [1.82, 2.24) is 10.3 Å². The molecule has 32 heavy (non-hydrogen) atoms. The van der Waals surface area contributed by atoms with Crippen molar-refractivity contribution in [1.29, 1.82) is 0 Å². The number of halogens is 3. The fourth-order valence-corrected chi connectivity index (χ4v) is 4.76. The third-order valence-electron chi connectivity index (χ3n) is 5.64. The van der Waals surface area contributed by atoms with Gasteiger partial charge in [-0.2, -0.15) is 13.2 Å². The lowest BCUT2D eigenvalue weighted by atomic mass is 9.80. The van der Waals surface area contributed by atoms with Crippen LogP contribution in [0.5, 0.6) is 0 Å². The number of nitrogens with one attached hydrogen (secondary N) is 1. The maximum atomic E-state index is 12.9. The van der Waals surface area contributed by atoms with E-state index in [1.54, 1.807) is 23.9 Å². The van der Waals surface area contributed by atoms with Crippen molar-refractivity contribution in [3.63, 3.8) is 0 Å². The molecule has 1 aromatic heterocycles. The highest BCUT2D eigenvalue weighted by molar-refractivity contribution is 8.14. The summed E-state index contributed by atoms with van der Waals surface area (Å²) in [6, 6.07) is 0.924. The van der Waals surface area contributed by atoms with Crippen LogP contribution >= 0.6 is 11.8 Å². The summed E-state index contributed by atoms with van der Waals surface area (Å²) in [5.74, 6) is -0.707. The number of aliphatic imine (C=N–C) groups is 1. The van der Waals surface area contributed by atoms with Crippen LogP contribution in [-0.4, -0.2) is 26.3 Å². The van der Waals surface area contributed by atoms with Gasteiger partial charge in [0.1, 0.15) is 5.69 Å². The second-order valence-electron chi connectivity index (χ2n) is 8.90. The smallest absolute Gasteiger partial charge is 0.379 e. The third-order valence-corrected chi connectivity index (χ3v) is 6.70. The van der Waals surface area contributed by atoms with Crippen LogP contribution in [0, 0.1) is 12.8 Å². The van der Waals surface area contributed by atoms with E-state index in [2.05, 4.69) is 24.1 Å². The third kappa shape index (κ3) is 5.62. The molecule has 0 saturated carbocycles. The summed E-state index contributed by atoms with van der Waals surface area (Å²) in [7, 11) is 0. The Labute approximate surface area is 190 Å². The van der Waals surface area contributed by atoms with Crippen molar-refractivity contribution >= 4 is 22.8 Å². The first-order valence-corrected chi connectivity index (χ1v) is 11.1. The minimum absolute atomic E-state index is 0.0232. The molecule has 0 spiro atoms. The van der Waals surface area contributed by atoms with Crippen LogP contribution in [0.25, 0.3) is 0 Å². The number of pyridine rings is 1. The van der Waals surface area contributed by atoms with E-state index in [0.717, 1.165) is 18.9 Å². The first-order chi connectivity index (χ1) is 14.8. The highest BCUT2D eigenvalue weighted by Crippen LogP contribution is 2.41. The lowest BCUT2D eigenvalue weighted by Crippen LogP contribution is -2.33. The van der Waals surface area contributed by atoms with Crippen molar-refractivity contribution in [2.24, 2.45) is 16.6 Å². The van der Waals surface area contributed by atoms with Gasteiger partial charge in [0, 0.05) is 22.6 Å². The van der Waals surface area contributed by atoms with Gasteiger partial charge in [0.05, 0.1) is 11.1 Å². The Morgan fingerprint density at radius 1 is 1.25 bits per heavy atom. The lowest BCUT2D eigenvalue weighted by molar-refractivity contribution is -0.137. The maximum absolute atomic E-state index is 12.9. The zero-order chi connectivity index (χ0) is 23.7. The standard InChI is InChI=1S/C23H27F3N4OS/c1-14-11-16(23(24,25)26)13-28-18(14)19(31)29-17-8-6-5-7-15(12-17)22(4)10-9-21(2,3)32-20(27)30-22/h5-8,11-13,15H,9-10H2,1-4H3,(H2,27,30)(H,29,31)/t15?,22-/m0/s1. The number of hydrogen-bond acceptors (Lipinski definition) is 5. The number of aromatic nitrogens is 1. The number of carbonyl (C=O) groups is 1. The van der Waals surface area contributed by atoms with Gasteiger partial charge in [0.2, 0.25) is 0 Å². The number of rotatable bonds is 3. The van der Waals surface area contributed by atoms with Crippen molar-refractivity contribution in [3.8, 4) is 0 Å². The molecule has 1 aromatic rings. The number of nitrogens with zero attached hydrogens (tertiary/aromatic N) is 2. The molecule has 0 bridgehead atoms. The molecule has 0 radical (unpaired) electrons. The van der Waals surface area contributed by atoms with Crippen LogP contribution in [0.2, 0.25) is 0 Å². The lowest BCUT2D eigenvalue weighted by Gasteiger charge is -2.31. The molecule has 0 fully saturated rings. The van der Waals surface area contributed by atoms with Crippen molar-refractivity contribution in [2.45, 2.75) is 57.0 Å². The Morgan fingerprint density at radius 2 is 1.97 bits per heavy atom. The van der Waals surface area contributed by atoms with Crippen LogP contribution < -0.4 is 11.1 Å². The predicted molar refractivity (Wildman–Crippen MR) is 122 cm³/mol. The average molecular weight is 465 g/mol. The van der Waals surface area contributed by atoms with Gasteiger partial charge >= 0.3 is 6.18 Å². The zero-order valence-corrected chi connectivity index (χ0v) is 19.3. The molecule has 2 heterocycles. The topological polar surface area (TPSA) is 80.4 Å². The van der Waals surface area contributed by atoms with Crippen LogP contribution in [-0.2, 0) is 6.18 Å². The number of amidine groups is 1. The number of aryl methyl sites for hydroxylation is 1.